The molecule has 7 heteroatoms. The maximum absolute atomic E-state index is 13.5. The highest BCUT2D eigenvalue weighted by atomic mass is 16.2. The van der Waals surface area contributed by atoms with Crippen LogP contribution in [0.1, 0.15) is 95.5 Å². The predicted octanol–water partition coefficient (Wildman–Crippen LogP) is 6.21. The van der Waals surface area contributed by atoms with Crippen molar-refractivity contribution in [3.8, 4) is 0 Å². The summed E-state index contributed by atoms with van der Waals surface area (Å²) in [6.07, 6.45) is 11.6. The fraction of sp³-hybridized carbons (Fsp3) is 0.684. The highest BCUT2D eigenvalue weighted by Crippen LogP contribution is 2.65. The number of hydrogen-bond donors (Lipinski definition) is 0. The number of amides is 2. The average Bonchev–Trinajstić information content (AvgIpc) is 3.37. The zero-order valence-corrected chi connectivity index (χ0v) is 27.7. The molecular formula is C38H52N4O3. The van der Waals surface area contributed by atoms with E-state index in [4.69, 9.17) is 0 Å². The molecule has 1 saturated heterocycles. The molecule has 1 aromatic heterocycles. The van der Waals surface area contributed by atoms with Crippen LogP contribution in [0.4, 0.5) is 0 Å². The van der Waals surface area contributed by atoms with Crippen LogP contribution in [0.2, 0.25) is 0 Å². The van der Waals surface area contributed by atoms with Gasteiger partial charge in [0, 0.05) is 56.0 Å². The fourth-order valence-corrected chi connectivity index (χ4v) is 10.9. The summed E-state index contributed by atoms with van der Waals surface area (Å²) >= 11 is 0. The summed E-state index contributed by atoms with van der Waals surface area (Å²) in [5, 5.41) is 1.00. The third-order valence-electron chi connectivity index (χ3n) is 13.4. The molecule has 0 bridgehead atoms. The first kappa shape index (κ1) is 30.8. The van der Waals surface area contributed by atoms with Crippen molar-refractivity contribution in [1.29, 1.82) is 0 Å². The van der Waals surface area contributed by atoms with Crippen molar-refractivity contribution in [1.82, 2.24) is 19.7 Å². The molecule has 2 amide bonds. The molecular weight excluding hydrogens is 560 g/mol. The Kier molecular flexibility index (Phi) is 8.29. The lowest BCUT2D eigenvalue weighted by Crippen LogP contribution is -2.59. The molecule has 7 rings (SSSR count). The molecule has 242 valence electrons. The molecule has 0 radical (unpaired) electrons. The number of benzene rings is 1. The predicted molar refractivity (Wildman–Crippen MR) is 177 cm³/mol. The number of hydrogen-bond acceptors (Lipinski definition) is 5. The van der Waals surface area contributed by atoms with Crippen LogP contribution < -0.4 is 0 Å². The number of carbonyl (C=O) groups excluding carboxylic acids is 3. The van der Waals surface area contributed by atoms with Gasteiger partial charge in [0.1, 0.15) is 18.0 Å². The van der Waals surface area contributed by atoms with Crippen LogP contribution in [-0.2, 0) is 9.59 Å². The molecule has 0 N–H and O–H groups in total. The summed E-state index contributed by atoms with van der Waals surface area (Å²) in [7, 11) is 0. The van der Waals surface area contributed by atoms with Gasteiger partial charge in [-0.15, -0.1) is 0 Å². The van der Waals surface area contributed by atoms with Gasteiger partial charge in [-0.2, -0.15) is 0 Å². The van der Waals surface area contributed by atoms with Crippen molar-refractivity contribution in [2.24, 2.45) is 34.5 Å². The minimum absolute atomic E-state index is 0.0411. The molecule has 0 spiro atoms. The number of rotatable bonds is 6. The smallest absolute Gasteiger partial charge is 0.272 e. The number of fused-ring (bicyclic) bond motifs is 6. The third kappa shape index (κ3) is 5.41. The maximum atomic E-state index is 13.5. The Morgan fingerprint density at radius 2 is 1.71 bits per heavy atom. The normalized spacial score (nSPS) is 35.0. The second kappa shape index (κ2) is 12.1. The minimum atomic E-state index is -0.171. The Labute approximate surface area is 269 Å². The van der Waals surface area contributed by atoms with Gasteiger partial charge in [0.25, 0.3) is 5.91 Å². The van der Waals surface area contributed by atoms with Gasteiger partial charge in [0.05, 0.1) is 5.52 Å². The Balaban J connectivity index is 0.966. The molecule has 5 fully saturated rings. The van der Waals surface area contributed by atoms with Crippen molar-refractivity contribution in [3.05, 3.63) is 42.1 Å². The molecule has 7 unspecified atom stereocenters. The molecule has 1 aliphatic heterocycles. The van der Waals surface area contributed by atoms with Crippen LogP contribution in [0.3, 0.4) is 0 Å². The standard InChI is InChI=1S/C38H52N4O3/c1-4-19-42(36(45)33-15-9-26-7-5-6-8-32(26)39-33)25-35(44)41-22-20-40(21-23-41)28-12-10-27-11-13-29-30-14-16-34(43)37(30,2)18-17-31(29)38(27,3)24-28/h5-9,15,27-31H,4,10-14,16-25H2,1-3H3. The van der Waals surface area contributed by atoms with Crippen LogP contribution in [0.25, 0.3) is 10.9 Å². The lowest BCUT2D eigenvalue weighted by atomic mass is 9.45. The number of Topliss-reactive ketones (excluding diaryl/α,β-unsaturated/α-hetero) is 1. The van der Waals surface area contributed by atoms with Crippen LogP contribution in [-0.4, -0.2) is 82.6 Å². The van der Waals surface area contributed by atoms with Crippen molar-refractivity contribution < 1.29 is 14.4 Å². The Morgan fingerprint density at radius 3 is 2.51 bits per heavy atom. The highest BCUT2D eigenvalue weighted by Gasteiger charge is 2.60. The second-order valence-electron chi connectivity index (χ2n) is 15.5. The van der Waals surface area contributed by atoms with Gasteiger partial charge in [0.15, 0.2) is 0 Å². The third-order valence-corrected chi connectivity index (χ3v) is 13.4. The van der Waals surface area contributed by atoms with E-state index in [1.807, 2.05) is 42.2 Å². The van der Waals surface area contributed by atoms with Gasteiger partial charge in [0.2, 0.25) is 5.91 Å². The van der Waals surface area contributed by atoms with E-state index in [2.05, 4.69) is 23.7 Å². The quantitative estimate of drug-likeness (QED) is 0.388. The number of pyridine rings is 1. The minimum Gasteiger partial charge on any atom is -0.339 e. The lowest BCUT2D eigenvalue weighted by Gasteiger charge is -2.61. The van der Waals surface area contributed by atoms with Crippen LogP contribution in [0.15, 0.2) is 36.4 Å². The van der Waals surface area contributed by atoms with Crippen molar-refractivity contribution in [2.45, 2.75) is 91.0 Å². The summed E-state index contributed by atoms with van der Waals surface area (Å²) in [5.74, 6) is 3.31. The molecule has 2 heterocycles. The maximum Gasteiger partial charge on any atom is 0.272 e. The summed E-state index contributed by atoms with van der Waals surface area (Å²) in [4.78, 5) is 50.8. The molecule has 4 aliphatic carbocycles. The highest BCUT2D eigenvalue weighted by molar-refractivity contribution is 5.97. The number of ketones is 1. The van der Waals surface area contributed by atoms with Crippen LogP contribution in [0.5, 0.6) is 0 Å². The fourth-order valence-electron chi connectivity index (χ4n) is 10.9. The number of carbonyl (C=O) groups is 3. The molecule has 2 aromatic rings. The van der Waals surface area contributed by atoms with Crippen molar-refractivity contribution in [3.63, 3.8) is 0 Å². The first-order valence-corrected chi connectivity index (χ1v) is 17.9. The zero-order valence-electron chi connectivity index (χ0n) is 27.7. The molecule has 5 aliphatic rings. The van der Waals surface area contributed by atoms with Crippen molar-refractivity contribution in [2.75, 3.05) is 39.3 Å². The van der Waals surface area contributed by atoms with Gasteiger partial charge in [-0.3, -0.25) is 19.3 Å². The molecule has 7 atom stereocenters. The molecule has 7 nitrogen and oxygen atoms in total. The summed E-state index contributed by atoms with van der Waals surface area (Å²) in [6.45, 7) is 10.9. The van der Waals surface area contributed by atoms with Gasteiger partial charge >= 0.3 is 0 Å². The Morgan fingerprint density at radius 1 is 0.933 bits per heavy atom. The second-order valence-corrected chi connectivity index (χ2v) is 15.5. The largest absolute Gasteiger partial charge is 0.339 e. The monoisotopic (exact) mass is 612 g/mol. The van der Waals surface area contributed by atoms with E-state index in [-0.39, 0.29) is 23.8 Å². The van der Waals surface area contributed by atoms with E-state index < -0.39 is 0 Å². The number of para-hydroxylation sites is 1. The summed E-state index contributed by atoms with van der Waals surface area (Å²) in [5.41, 5.74) is 1.51. The van der Waals surface area contributed by atoms with Crippen molar-refractivity contribution >= 4 is 28.5 Å². The Hall–Kier alpha value is -2.80. The van der Waals surface area contributed by atoms with E-state index in [1.54, 1.807) is 11.0 Å². The zero-order chi connectivity index (χ0) is 31.3. The van der Waals surface area contributed by atoms with Gasteiger partial charge in [-0.1, -0.05) is 45.0 Å². The molecule has 1 aromatic carbocycles. The summed E-state index contributed by atoms with van der Waals surface area (Å²) < 4.78 is 0. The van der Waals surface area contributed by atoms with Gasteiger partial charge < -0.3 is 9.80 Å². The SMILES string of the molecule is CCCN(CC(=O)N1CCN(C2CCC3CCC4C5CCC(=O)C5(C)CCC4C3(C)C2)CC1)C(=O)c1ccc2ccccc2n1. The average molecular weight is 613 g/mol. The lowest BCUT2D eigenvalue weighted by molar-refractivity contribution is -0.143. The van der Waals surface area contributed by atoms with E-state index in [0.717, 1.165) is 80.5 Å². The summed E-state index contributed by atoms with van der Waals surface area (Å²) in [6, 6.07) is 12.1. The van der Waals surface area contributed by atoms with Gasteiger partial charge in [-0.05, 0) is 99.0 Å². The number of piperazine rings is 1. The van der Waals surface area contributed by atoms with E-state index in [0.29, 0.717) is 35.4 Å². The van der Waals surface area contributed by atoms with E-state index in [1.165, 1.54) is 38.5 Å². The van der Waals surface area contributed by atoms with Crippen LogP contribution >= 0.6 is 0 Å². The topological polar surface area (TPSA) is 73.8 Å². The molecule has 45 heavy (non-hydrogen) atoms. The Bertz CT molecular complexity index is 1450. The molecule has 4 saturated carbocycles. The van der Waals surface area contributed by atoms with E-state index in [9.17, 15) is 14.4 Å². The first-order chi connectivity index (χ1) is 21.7. The number of aromatic nitrogens is 1. The van der Waals surface area contributed by atoms with E-state index >= 15 is 0 Å². The van der Waals surface area contributed by atoms with Crippen LogP contribution in [0, 0.1) is 34.5 Å². The van der Waals surface area contributed by atoms with Gasteiger partial charge in [-0.25, -0.2) is 4.98 Å². The number of nitrogens with zero attached hydrogens (tertiary/aromatic N) is 4. The first-order valence-electron chi connectivity index (χ1n) is 17.9.